The van der Waals surface area contributed by atoms with Crippen molar-refractivity contribution in [2.45, 2.75) is 11.8 Å². The smallest absolute Gasteiger partial charge is 0.269 e. The van der Waals surface area contributed by atoms with E-state index in [0.29, 0.717) is 5.56 Å². The predicted octanol–water partition coefficient (Wildman–Crippen LogP) is 4.08. The molecule has 0 aromatic heterocycles. The molecule has 0 atom stereocenters. The molecule has 0 unspecified atom stereocenters. The molecule has 5 nitrogen and oxygen atoms in total. The van der Waals surface area contributed by atoms with E-state index in [-0.39, 0.29) is 21.0 Å². The summed E-state index contributed by atoms with van der Waals surface area (Å²) in [5.41, 5.74) is 3.46. The standard InChI is InChI=1S/C20H16ClFN2O3S/c1-13-11-15(14-7-3-2-4-8-14)12-16(19(13)22)20(25)23-24-28(26,27)18-10-6-5-9-17(18)21/h2-12,24H,1H3,(H,23,25). The van der Waals surface area contributed by atoms with E-state index in [2.05, 4.69) is 0 Å². The van der Waals surface area contributed by atoms with Crippen LogP contribution < -0.4 is 10.3 Å². The number of hydrogen-bond acceptors (Lipinski definition) is 3. The molecule has 0 bridgehead atoms. The normalized spacial score (nSPS) is 11.2. The summed E-state index contributed by atoms with van der Waals surface area (Å²) in [6.45, 7) is 1.53. The minimum Gasteiger partial charge on any atom is -0.273 e. The first-order chi connectivity index (χ1) is 13.3. The average molecular weight is 419 g/mol. The van der Waals surface area contributed by atoms with Gasteiger partial charge in [0.1, 0.15) is 10.7 Å². The molecule has 0 saturated carbocycles. The Morgan fingerprint density at radius 3 is 2.29 bits per heavy atom. The van der Waals surface area contributed by atoms with Crippen LogP contribution in [0.3, 0.4) is 0 Å². The summed E-state index contributed by atoms with van der Waals surface area (Å²) < 4.78 is 39.1. The van der Waals surface area contributed by atoms with Crippen molar-refractivity contribution in [1.29, 1.82) is 0 Å². The number of hydrogen-bond donors (Lipinski definition) is 2. The van der Waals surface area contributed by atoms with Crippen LogP contribution in [0.2, 0.25) is 5.02 Å². The minimum atomic E-state index is -4.12. The molecule has 0 saturated heterocycles. The molecule has 0 spiro atoms. The molecule has 0 aliphatic carbocycles. The summed E-state index contributed by atoms with van der Waals surface area (Å²) in [6.07, 6.45) is 0. The van der Waals surface area contributed by atoms with Crippen molar-refractivity contribution < 1.29 is 17.6 Å². The minimum absolute atomic E-state index is 0.00245. The van der Waals surface area contributed by atoms with Crippen molar-refractivity contribution in [3.05, 3.63) is 88.7 Å². The fourth-order valence-corrected chi connectivity index (χ4v) is 3.99. The molecule has 8 heteroatoms. The van der Waals surface area contributed by atoms with Crippen molar-refractivity contribution in [2.75, 3.05) is 0 Å². The zero-order valence-corrected chi connectivity index (χ0v) is 16.3. The third-order valence-electron chi connectivity index (χ3n) is 4.03. The van der Waals surface area contributed by atoms with E-state index in [9.17, 15) is 17.6 Å². The molecule has 0 heterocycles. The number of carbonyl (C=O) groups is 1. The summed E-state index contributed by atoms with van der Waals surface area (Å²) in [4.78, 5) is 14.2. The van der Waals surface area contributed by atoms with Crippen molar-refractivity contribution in [3.63, 3.8) is 0 Å². The second-order valence-corrected chi connectivity index (χ2v) is 8.07. The van der Waals surface area contributed by atoms with Gasteiger partial charge in [0.05, 0.1) is 10.6 Å². The Morgan fingerprint density at radius 2 is 1.61 bits per heavy atom. The molecule has 144 valence electrons. The highest BCUT2D eigenvalue weighted by atomic mass is 35.5. The van der Waals surface area contributed by atoms with Crippen LogP contribution in [0.1, 0.15) is 15.9 Å². The van der Waals surface area contributed by atoms with Crippen LogP contribution in [0.25, 0.3) is 11.1 Å². The van der Waals surface area contributed by atoms with Gasteiger partial charge in [-0.05, 0) is 47.9 Å². The first-order valence-corrected chi connectivity index (χ1v) is 10.1. The summed E-state index contributed by atoms with van der Waals surface area (Å²) in [7, 11) is -4.12. The highest BCUT2D eigenvalue weighted by Gasteiger charge is 2.21. The van der Waals surface area contributed by atoms with E-state index >= 15 is 0 Å². The van der Waals surface area contributed by atoms with E-state index in [1.54, 1.807) is 12.1 Å². The van der Waals surface area contributed by atoms with Crippen LogP contribution in [0.15, 0.2) is 71.6 Å². The molecule has 0 aliphatic rings. The molecule has 3 aromatic rings. The van der Waals surface area contributed by atoms with Gasteiger partial charge in [-0.15, -0.1) is 4.83 Å². The summed E-state index contributed by atoms with van der Waals surface area (Å²) >= 11 is 5.88. The first-order valence-electron chi connectivity index (χ1n) is 8.22. The Bertz CT molecular complexity index is 1140. The van der Waals surface area contributed by atoms with Crippen molar-refractivity contribution in [2.24, 2.45) is 0 Å². The molecule has 0 radical (unpaired) electrons. The summed E-state index contributed by atoms with van der Waals surface area (Å²) in [5.74, 6) is -1.65. The number of rotatable bonds is 5. The Hall–Kier alpha value is -2.74. The van der Waals surface area contributed by atoms with Gasteiger partial charge in [-0.2, -0.15) is 0 Å². The van der Waals surface area contributed by atoms with E-state index < -0.39 is 21.7 Å². The topological polar surface area (TPSA) is 75.3 Å². The molecule has 3 aromatic carbocycles. The van der Waals surface area contributed by atoms with Gasteiger partial charge in [0.2, 0.25) is 0 Å². The van der Waals surface area contributed by atoms with Crippen LogP contribution in [-0.4, -0.2) is 14.3 Å². The Morgan fingerprint density at radius 1 is 0.964 bits per heavy atom. The molecule has 28 heavy (non-hydrogen) atoms. The number of carbonyl (C=O) groups excluding carboxylic acids is 1. The number of aryl methyl sites for hydroxylation is 1. The Balaban J connectivity index is 1.87. The van der Waals surface area contributed by atoms with Crippen molar-refractivity contribution in [3.8, 4) is 11.1 Å². The van der Waals surface area contributed by atoms with Gasteiger partial charge in [0.25, 0.3) is 15.9 Å². The second kappa shape index (κ2) is 8.10. The monoisotopic (exact) mass is 418 g/mol. The van der Waals surface area contributed by atoms with Gasteiger partial charge in [-0.25, -0.2) is 12.8 Å². The highest BCUT2D eigenvalue weighted by Crippen LogP contribution is 2.25. The largest absolute Gasteiger partial charge is 0.273 e. The average Bonchev–Trinajstić information content (AvgIpc) is 2.69. The Labute approximate surface area is 167 Å². The summed E-state index contributed by atoms with van der Waals surface area (Å²) in [6, 6.07) is 17.9. The maximum absolute atomic E-state index is 14.5. The third-order valence-corrected chi connectivity index (χ3v) is 5.78. The predicted molar refractivity (Wildman–Crippen MR) is 106 cm³/mol. The Kier molecular flexibility index (Phi) is 5.79. The van der Waals surface area contributed by atoms with Crippen LogP contribution in [0, 0.1) is 12.7 Å². The van der Waals surface area contributed by atoms with E-state index in [4.69, 9.17) is 11.6 Å². The maximum Gasteiger partial charge on any atom is 0.269 e. The lowest BCUT2D eigenvalue weighted by molar-refractivity contribution is 0.0941. The molecule has 1 amide bonds. The quantitative estimate of drug-likeness (QED) is 0.613. The van der Waals surface area contributed by atoms with Gasteiger partial charge < -0.3 is 0 Å². The fourth-order valence-electron chi connectivity index (χ4n) is 2.63. The van der Waals surface area contributed by atoms with Crippen LogP contribution >= 0.6 is 11.6 Å². The summed E-state index contributed by atoms with van der Waals surface area (Å²) in [5, 5.41) is -0.00245. The lowest BCUT2D eigenvalue weighted by Gasteiger charge is -2.12. The van der Waals surface area contributed by atoms with Crippen molar-refractivity contribution >= 4 is 27.5 Å². The van der Waals surface area contributed by atoms with Crippen LogP contribution in [0.5, 0.6) is 0 Å². The van der Waals surface area contributed by atoms with E-state index in [1.165, 1.54) is 31.2 Å². The molecule has 2 N–H and O–H groups in total. The molecular weight excluding hydrogens is 403 g/mol. The zero-order valence-electron chi connectivity index (χ0n) is 14.7. The van der Waals surface area contributed by atoms with Gasteiger partial charge in [0.15, 0.2) is 0 Å². The number of halogens is 2. The molecule has 0 aliphatic heterocycles. The molecular formula is C20H16ClFN2O3S. The number of hydrazine groups is 1. The van der Waals surface area contributed by atoms with Gasteiger partial charge in [0, 0.05) is 0 Å². The highest BCUT2D eigenvalue weighted by molar-refractivity contribution is 7.89. The zero-order chi connectivity index (χ0) is 20.3. The van der Waals surface area contributed by atoms with E-state index in [0.717, 1.165) is 5.56 Å². The number of benzene rings is 3. The second-order valence-electron chi connectivity index (χ2n) is 6.01. The van der Waals surface area contributed by atoms with Gasteiger partial charge in [-0.3, -0.25) is 10.2 Å². The molecule has 0 fully saturated rings. The lowest BCUT2D eigenvalue weighted by Crippen LogP contribution is -2.42. The molecule has 3 rings (SSSR count). The number of amides is 1. The third kappa shape index (κ3) is 4.22. The lowest BCUT2D eigenvalue weighted by atomic mass is 9.99. The van der Waals surface area contributed by atoms with Gasteiger partial charge >= 0.3 is 0 Å². The van der Waals surface area contributed by atoms with Crippen LogP contribution in [-0.2, 0) is 10.0 Å². The SMILES string of the molecule is Cc1cc(-c2ccccc2)cc(C(=O)NNS(=O)(=O)c2ccccc2Cl)c1F. The first kappa shape index (κ1) is 20.0. The number of nitrogens with one attached hydrogen (secondary N) is 2. The van der Waals surface area contributed by atoms with Gasteiger partial charge in [-0.1, -0.05) is 54.1 Å². The fraction of sp³-hybridized carbons (Fsp3) is 0.0500. The maximum atomic E-state index is 14.5. The van der Waals surface area contributed by atoms with Crippen molar-refractivity contribution in [1.82, 2.24) is 10.3 Å². The van der Waals surface area contributed by atoms with Crippen LogP contribution in [0.4, 0.5) is 4.39 Å². The number of sulfonamides is 1. The van der Waals surface area contributed by atoms with E-state index in [1.807, 2.05) is 40.6 Å².